The molecule has 0 radical (unpaired) electrons. The summed E-state index contributed by atoms with van der Waals surface area (Å²) in [6, 6.07) is 9.71. The number of carbonyl (C=O) groups is 2. The Morgan fingerprint density at radius 3 is 2.79 bits per heavy atom. The molecule has 0 aromatic heterocycles. The summed E-state index contributed by atoms with van der Waals surface area (Å²) in [5.74, 6) is -0.654. The number of carbonyl (C=O) groups excluding carboxylic acids is 2. The average Bonchev–Trinajstić information content (AvgIpc) is 2.60. The molecule has 0 bridgehead atoms. The number of sulfonamides is 1. The molecule has 1 aliphatic rings. The number of ether oxygens (including phenoxy) is 1. The van der Waals surface area contributed by atoms with Gasteiger partial charge in [0.25, 0.3) is 5.91 Å². The Labute approximate surface area is 167 Å². The van der Waals surface area contributed by atoms with E-state index in [1.54, 1.807) is 18.2 Å². The monoisotopic (exact) mass is 423 g/mol. The van der Waals surface area contributed by atoms with Crippen molar-refractivity contribution < 1.29 is 22.7 Å². The number of anilines is 2. The van der Waals surface area contributed by atoms with Gasteiger partial charge in [0.15, 0.2) is 6.61 Å². The molecule has 2 amide bonds. The van der Waals surface area contributed by atoms with Gasteiger partial charge in [-0.05, 0) is 30.7 Å². The number of likely N-dealkylation sites (N-methyl/N-ethyl adjacent to an activating group) is 1. The van der Waals surface area contributed by atoms with Crippen LogP contribution < -0.4 is 15.4 Å². The van der Waals surface area contributed by atoms with Gasteiger partial charge in [0.1, 0.15) is 10.6 Å². The second-order valence-corrected chi connectivity index (χ2v) is 8.71. The van der Waals surface area contributed by atoms with Crippen molar-refractivity contribution in [3.63, 3.8) is 0 Å². The van der Waals surface area contributed by atoms with Crippen molar-refractivity contribution in [3.8, 4) is 5.75 Å². The van der Waals surface area contributed by atoms with Gasteiger partial charge in [-0.1, -0.05) is 23.7 Å². The van der Waals surface area contributed by atoms with Gasteiger partial charge in [-0.2, -0.15) is 4.31 Å². The third-order valence-electron chi connectivity index (χ3n) is 4.02. The molecular weight excluding hydrogens is 406 g/mol. The number of nitrogens with zero attached hydrogens (tertiary/aromatic N) is 1. The minimum absolute atomic E-state index is 0.0875. The van der Waals surface area contributed by atoms with Crippen LogP contribution in [0.15, 0.2) is 41.3 Å². The zero-order valence-electron chi connectivity index (χ0n) is 15.2. The lowest BCUT2D eigenvalue weighted by atomic mass is 10.2. The maximum Gasteiger partial charge on any atom is 0.262 e. The molecule has 0 unspecified atom stereocenters. The Morgan fingerprint density at radius 2 is 2.07 bits per heavy atom. The van der Waals surface area contributed by atoms with Crippen LogP contribution in [0.2, 0.25) is 5.02 Å². The normalized spacial score (nSPS) is 13.5. The van der Waals surface area contributed by atoms with E-state index < -0.39 is 22.5 Å². The molecule has 1 heterocycles. The van der Waals surface area contributed by atoms with Gasteiger partial charge in [-0.15, -0.1) is 0 Å². The topological polar surface area (TPSA) is 105 Å². The summed E-state index contributed by atoms with van der Waals surface area (Å²) in [6.07, 6.45) is 0. The van der Waals surface area contributed by atoms with Crippen LogP contribution in [0, 0.1) is 6.92 Å². The standard InChI is InChI=1S/C18H18ClN3O5S/c1-11-4-3-5-12(6-11)20-17(23)9-22(2)28(25,26)16-8-15-14(7-13(16)19)21-18(24)10-27-15/h3-8H,9-10H2,1-2H3,(H,20,23)(H,21,24). The van der Waals surface area contributed by atoms with E-state index in [4.69, 9.17) is 16.3 Å². The van der Waals surface area contributed by atoms with Gasteiger partial charge in [0.2, 0.25) is 15.9 Å². The first-order chi connectivity index (χ1) is 13.2. The van der Waals surface area contributed by atoms with Gasteiger partial charge in [0.05, 0.1) is 17.3 Å². The molecule has 0 aliphatic carbocycles. The number of hydrogen-bond acceptors (Lipinski definition) is 5. The van der Waals surface area contributed by atoms with Crippen LogP contribution in [0.1, 0.15) is 5.56 Å². The number of amides is 2. The van der Waals surface area contributed by atoms with Gasteiger partial charge < -0.3 is 15.4 Å². The van der Waals surface area contributed by atoms with Crippen molar-refractivity contribution in [2.24, 2.45) is 0 Å². The van der Waals surface area contributed by atoms with E-state index in [-0.39, 0.29) is 28.2 Å². The summed E-state index contributed by atoms with van der Waals surface area (Å²) in [5.41, 5.74) is 1.83. The van der Waals surface area contributed by atoms with Gasteiger partial charge in [0, 0.05) is 18.8 Å². The fourth-order valence-corrected chi connectivity index (χ4v) is 4.30. The molecule has 1 aliphatic heterocycles. The van der Waals surface area contributed by atoms with E-state index in [0.717, 1.165) is 9.87 Å². The van der Waals surface area contributed by atoms with Crippen molar-refractivity contribution in [2.45, 2.75) is 11.8 Å². The zero-order valence-corrected chi connectivity index (χ0v) is 16.7. The third kappa shape index (κ3) is 4.27. The van der Waals surface area contributed by atoms with Crippen LogP contribution in [0.3, 0.4) is 0 Å². The van der Waals surface area contributed by atoms with E-state index in [9.17, 15) is 18.0 Å². The number of rotatable bonds is 5. The highest BCUT2D eigenvalue weighted by Crippen LogP contribution is 2.36. The highest BCUT2D eigenvalue weighted by atomic mass is 35.5. The Hall–Kier alpha value is -2.62. The maximum atomic E-state index is 12.9. The average molecular weight is 424 g/mol. The van der Waals surface area contributed by atoms with E-state index in [1.807, 2.05) is 13.0 Å². The minimum Gasteiger partial charge on any atom is -0.482 e. The number of nitrogens with one attached hydrogen (secondary N) is 2. The summed E-state index contributed by atoms with van der Waals surface area (Å²) in [5, 5.41) is 5.12. The number of aryl methyl sites for hydroxylation is 1. The van der Waals surface area contributed by atoms with E-state index in [1.165, 1.54) is 19.2 Å². The largest absolute Gasteiger partial charge is 0.482 e. The van der Waals surface area contributed by atoms with E-state index >= 15 is 0 Å². The molecule has 3 rings (SSSR count). The smallest absolute Gasteiger partial charge is 0.262 e. The van der Waals surface area contributed by atoms with Crippen molar-refractivity contribution in [3.05, 3.63) is 47.0 Å². The van der Waals surface area contributed by atoms with E-state index in [0.29, 0.717) is 11.4 Å². The fraction of sp³-hybridized carbons (Fsp3) is 0.222. The Morgan fingerprint density at radius 1 is 1.32 bits per heavy atom. The van der Waals surface area contributed by atoms with Crippen LogP contribution in [0.4, 0.5) is 11.4 Å². The molecule has 8 nitrogen and oxygen atoms in total. The maximum absolute atomic E-state index is 12.9. The first-order valence-corrected chi connectivity index (χ1v) is 10.1. The lowest BCUT2D eigenvalue weighted by molar-refractivity contribution is -0.118. The number of benzene rings is 2. The SMILES string of the molecule is Cc1cccc(NC(=O)CN(C)S(=O)(=O)c2cc3c(cc2Cl)NC(=O)CO3)c1. The summed E-state index contributed by atoms with van der Waals surface area (Å²) in [7, 11) is -2.78. The van der Waals surface area contributed by atoms with Crippen molar-refractivity contribution >= 4 is 44.8 Å². The summed E-state index contributed by atoms with van der Waals surface area (Å²) < 4.78 is 31.9. The van der Waals surface area contributed by atoms with Crippen LogP contribution in [0.5, 0.6) is 5.75 Å². The van der Waals surface area contributed by atoms with E-state index in [2.05, 4.69) is 10.6 Å². The molecule has 2 N–H and O–H groups in total. The molecule has 0 fully saturated rings. The Bertz CT molecular complexity index is 1060. The van der Waals surface area contributed by atoms with Gasteiger partial charge in [-0.25, -0.2) is 8.42 Å². The molecule has 2 aromatic carbocycles. The highest BCUT2D eigenvalue weighted by Gasteiger charge is 2.28. The lowest BCUT2D eigenvalue weighted by Gasteiger charge is -2.22. The quantitative estimate of drug-likeness (QED) is 0.767. The molecular formula is C18H18ClN3O5S. The summed E-state index contributed by atoms with van der Waals surface area (Å²) >= 11 is 6.11. The predicted octanol–water partition coefficient (Wildman–Crippen LogP) is 2.24. The van der Waals surface area contributed by atoms with Crippen molar-refractivity contribution in [1.82, 2.24) is 4.31 Å². The molecule has 10 heteroatoms. The molecule has 28 heavy (non-hydrogen) atoms. The van der Waals surface area contributed by atoms with Crippen molar-refractivity contribution in [1.29, 1.82) is 0 Å². The zero-order chi connectivity index (χ0) is 20.5. The third-order valence-corrected chi connectivity index (χ3v) is 6.29. The lowest BCUT2D eigenvalue weighted by Crippen LogP contribution is -2.35. The number of fused-ring (bicyclic) bond motifs is 1. The number of hydrogen-bond donors (Lipinski definition) is 2. The molecule has 0 saturated heterocycles. The first-order valence-electron chi connectivity index (χ1n) is 8.26. The summed E-state index contributed by atoms with van der Waals surface area (Å²) in [6.45, 7) is 1.26. The van der Waals surface area contributed by atoms with Crippen LogP contribution in [-0.4, -0.2) is 44.7 Å². The second kappa shape index (κ2) is 7.78. The second-order valence-electron chi connectivity index (χ2n) is 6.29. The highest BCUT2D eigenvalue weighted by molar-refractivity contribution is 7.89. The number of halogens is 1. The van der Waals surface area contributed by atoms with Crippen LogP contribution in [-0.2, 0) is 19.6 Å². The predicted molar refractivity (Wildman–Crippen MR) is 105 cm³/mol. The van der Waals surface area contributed by atoms with Gasteiger partial charge in [-0.3, -0.25) is 9.59 Å². The molecule has 0 spiro atoms. The molecule has 2 aromatic rings. The molecule has 148 valence electrons. The minimum atomic E-state index is -4.06. The van der Waals surface area contributed by atoms with Crippen LogP contribution >= 0.6 is 11.6 Å². The fourth-order valence-electron chi connectivity index (χ4n) is 2.66. The summed E-state index contributed by atoms with van der Waals surface area (Å²) in [4.78, 5) is 23.4. The Kier molecular flexibility index (Phi) is 5.59. The van der Waals surface area contributed by atoms with Crippen LogP contribution in [0.25, 0.3) is 0 Å². The van der Waals surface area contributed by atoms with Crippen molar-refractivity contribution in [2.75, 3.05) is 30.8 Å². The van der Waals surface area contributed by atoms with Gasteiger partial charge >= 0.3 is 0 Å². The molecule has 0 atom stereocenters. The Balaban J connectivity index is 1.78. The molecule has 0 saturated carbocycles. The first kappa shape index (κ1) is 20.1.